The van der Waals surface area contributed by atoms with Crippen molar-refractivity contribution >= 4 is 23.5 Å². The summed E-state index contributed by atoms with van der Waals surface area (Å²) in [4.78, 5) is 26.6. The van der Waals surface area contributed by atoms with Crippen LogP contribution in [0.5, 0.6) is 0 Å². The number of carbonyl (C=O) groups excluding carboxylic acids is 2. The summed E-state index contributed by atoms with van der Waals surface area (Å²) < 4.78 is 0. The van der Waals surface area contributed by atoms with Crippen molar-refractivity contribution in [2.24, 2.45) is 9.98 Å². The number of benzene rings is 1. The number of hydrogen-bond donors (Lipinski definition) is 0. The summed E-state index contributed by atoms with van der Waals surface area (Å²) in [5.41, 5.74) is 0.644. The Kier molecular flexibility index (Phi) is 3.06. The Morgan fingerprint density at radius 2 is 1.86 bits per heavy atom. The first-order valence-electron chi connectivity index (χ1n) is 3.51. The van der Waals surface area contributed by atoms with Crippen molar-refractivity contribution in [2.45, 2.75) is 0 Å². The average Bonchev–Trinajstić information content (AvgIpc) is 2.19. The Morgan fingerprint density at radius 1 is 1.14 bits per heavy atom. The number of nitriles is 1. The molecular formula is C9H3N3O2. The summed E-state index contributed by atoms with van der Waals surface area (Å²) >= 11 is 0. The molecule has 0 spiro atoms. The fourth-order valence-corrected chi connectivity index (χ4v) is 0.878. The largest absolute Gasteiger partial charge is 0.240 e. The topological polar surface area (TPSA) is 82.7 Å². The van der Waals surface area contributed by atoms with Crippen LogP contribution in [0.4, 0.5) is 11.4 Å². The Bertz CT molecular complexity index is 489. The maximum Gasteiger partial charge on any atom is 0.240 e. The molecule has 0 saturated carbocycles. The maximum absolute atomic E-state index is 10.0. The first-order valence-corrected chi connectivity index (χ1v) is 3.51. The number of hydrogen-bond acceptors (Lipinski definition) is 5. The summed E-state index contributed by atoms with van der Waals surface area (Å²) in [6.45, 7) is 0. The van der Waals surface area contributed by atoms with Crippen molar-refractivity contribution in [3.8, 4) is 6.07 Å². The van der Waals surface area contributed by atoms with Gasteiger partial charge in [0.15, 0.2) is 0 Å². The van der Waals surface area contributed by atoms with Gasteiger partial charge in [0.1, 0.15) is 6.07 Å². The summed E-state index contributed by atoms with van der Waals surface area (Å²) in [5, 5.41) is 8.62. The molecule has 0 saturated heterocycles. The lowest BCUT2D eigenvalue weighted by molar-refractivity contribution is 0.565. The molecule has 0 atom stereocenters. The van der Waals surface area contributed by atoms with E-state index < -0.39 is 0 Å². The highest BCUT2D eigenvalue weighted by Crippen LogP contribution is 2.24. The molecule has 0 unspecified atom stereocenters. The van der Waals surface area contributed by atoms with Gasteiger partial charge in [-0.25, -0.2) is 9.59 Å². The van der Waals surface area contributed by atoms with Gasteiger partial charge in [0.05, 0.1) is 16.9 Å². The third-order valence-electron chi connectivity index (χ3n) is 1.44. The quantitative estimate of drug-likeness (QED) is 0.516. The van der Waals surface area contributed by atoms with E-state index in [4.69, 9.17) is 5.26 Å². The molecule has 0 aliphatic rings. The summed E-state index contributed by atoms with van der Waals surface area (Å²) in [6.07, 6.45) is 2.65. The Balaban J connectivity index is 3.35. The lowest BCUT2D eigenvalue weighted by atomic mass is 10.2. The van der Waals surface area contributed by atoms with Gasteiger partial charge in [0.25, 0.3) is 0 Å². The average molecular weight is 185 g/mol. The van der Waals surface area contributed by atoms with Gasteiger partial charge in [-0.05, 0) is 18.2 Å². The van der Waals surface area contributed by atoms with Gasteiger partial charge in [-0.2, -0.15) is 15.2 Å². The number of rotatable bonds is 2. The first kappa shape index (κ1) is 9.56. The normalized spacial score (nSPS) is 7.93. The third kappa shape index (κ3) is 1.99. The predicted octanol–water partition coefficient (Wildman–Crippen LogP) is 1.49. The first-order chi connectivity index (χ1) is 6.81. The molecule has 5 nitrogen and oxygen atoms in total. The van der Waals surface area contributed by atoms with Crippen molar-refractivity contribution < 1.29 is 9.59 Å². The van der Waals surface area contributed by atoms with E-state index in [1.54, 1.807) is 0 Å². The molecule has 0 bridgehead atoms. The zero-order valence-corrected chi connectivity index (χ0v) is 6.89. The van der Waals surface area contributed by atoms with Gasteiger partial charge in [-0.3, -0.25) is 0 Å². The van der Waals surface area contributed by atoms with Gasteiger partial charge >= 0.3 is 0 Å². The summed E-state index contributed by atoms with van der Waals surface area (Å²) in [7, 11) is 0. The second-order valence-corrected chi connectivity index (χ2v) is 2.22. The standard InChI is InChI=1S/C9H3N3O2/c10-4-7-1-2-8(11-5-13)3-9(7)12-6-14/h1-3H. The van der Waals surface area contributed by atoms with E-state index in [0.29, 0.717) is 0 Å². The predicted molar refractivity (Wildman–Crippen MR) is 46.7 cm³/mol. The molecule has 1 aromatic rings. The molecule has 5 heteroatoms. The third-order valence-corrected chi connectivity index (χ3v) is 1.44. The highest BCUT2D eigenvalue weighted by molar-refractivity contribution is 5.65. The molecule has 0 radical (unpaired) electrons. The smallest absolute Gasteiger partial charge is 0.211 e. The Morgan fingerprint density at radius 3 is 2.43 bits per heavy atom. The van der Waals surface area contributed by atoms with Crippen LogP contribution in [0.1, 0.15) is 5.56 Å². The molecule has 0 aromatic heterocycles. The molecule has 0 amide bonds. The van der Waals surface area contributed by atoms with Crippen LogP contribution in [-0.2, 0) is 9.59 Å². The molecule has 1 rings (SSSR count). The van der Waals surface area contributed by atoms with Crippen LogP contribution in [0.25, 0.3) is 0 Å². The van der Waals surface area contributed by atoms with Gasteiger partial charge in [0, 0.05) is 0 Å². The SMILES string of the molecule is N#Cc1ccc(N=C=O)cc1N=C=O. The molecule has 66 valence electrons. The molecule has 14 heavy (non-hydrogen) atoms. The summed E-state index contributed by atoms with van der Waals surface area (Å²) in [6, 6.07) is 6.03. The van der Waals surface area contributed by atoms with E-state index in [0.717, 1.165) is 0 Å². The van der Waals surface area contributed by atoms with E-state index in [2.05, 4.69) is 9.98 Å². The Hall–Kier alpha value is -2.53. The second-order valence-electron chi connectivity index (χ2n) is 2.22. The van der Waals surface area contributed by atoms with Crippen LogP contribution >= 0.6 is 0 Å². The molecule has 0 aliphatic carbocycles. The van der Waals surface area contributed by atoms with Gasteiger partial charge < -0.3 is 0 Å². The van der Waals surface area contributed by atoms with E-state index in [1.807, 2.05) is 6.07 Å². The fourth-order valence-electron chi connectivity index (χ4n) is 0.878. The minimum atomic E-state index is 0.138. The van der Waals surface area contributed by atoms with Crippen LogP contribution in [0.3, 0.4) is 0 Å². The Labute approximate surface area is 79.0 Å². The monoisotopic (exact) mass is 185 g/mol. The molecular weight excluding hydrogens is 182 g/mol. The van der Waals surface area contributed by atoms with E-state index >= 15 is 0 Å². The molecule has 0 N–H and O–H groups in total. The van der Waals surface area contributed by atoms with Crippen molar-refractivity contribution in [2.75, 3.05) is 0 Å². The molecule has 0 aliphatic heterocycles. The maximum atomic E-state index is 10.0. The molecule has 1 aromatic carbocycles. The lowest BCUT2D eigenvalue weighted by Crippen LogP contribution is -1.75. The van der Waals surface area contributed by atoms with Crippen LogP contribution in [0.15, 0.2) is 28.2 Å². The number of aliphatic imine (C=N–C) groups is 2. The van der Waals surface area contributed by atoms with Crippen LogP contribution in [-0.4, -0.2) is 12.2 Å². The minimum absolute atomic E-state index is 0.138. The van der Waals surface area contributed by atoms with Crippen molar-refractivity contribution in [3.63, 3.8) is 0 Å². The lowest BCUT2D eigenvalue weighted by Gasteiger charge is -1.95. The highest BCUT2D eigenvalue weighted by Gasteiger charge is 2.01. The zero-order valence-electron chi connectivity index (χ0n) is 6.89. The van der Waals surface area contributed by atoms with Crippen LogP contribution in [0, 0.1) is 11.3 Å². The number of isocyanates is 2. The fraction of sp³-hybridized carbons (Fsp3) is 0. The van der Waals surface area contributed by atoms with Gasteiger partial charge in [-0.1, -0.05) is 0 Å². The highest BCUT2D eigenvalue weighted by atomic mass is 16.1. The van der Waals surface area contributed by atoms with E-state index in [1.165, 1.54) is 30.4 Å². The van der Waals surface area contributed by atoms with Crippen LogP contribution < -0.4 is 0 Å². The van der Waals surface area contributed by atoms with Gasteiger partial charge in [0.2, 0.25) is 12.2 Å². The van der Waals surface area contributed by atoms with Crippen molar-refractivity contribution in [1.82, 2.24) is 0 Å². The molecule has 0 heterocycles. The zero-order chi connectivity index (χ0) is 10.4. The second kappa shape index (κ2) is 4.48. The van der Waals surface area contributed by atoms with Crippen LogP contribution in [0.2, 0.25) is 0 Å². The van der Waals surface area contributed by atoms with E-state index in [-0.39, 0.29) is 16.9 Å². The number of nitrogens with zero attached hydrogens (tertiary/aromatic N) is 3. The minimum Gasteiger partial charge on any atom is -0.211 e. The van der Waals surface area contributed by atoms with Crippen molar-refractivity contribution in [1.29, 1.82) is 5.26 Å². The molecule has 0 fully saturated rings. The summed E-state index contributed by atoms with van der Waals surface area (Å²) in [5.74, 6) is 0. The van der Waals surface area contributed by atoms with E-state index in [9.17, 15) is 9.59 Å². The van der Waals surface area contributed by atoms with Crippen molar-refractivity contribution in [3.05, 3.63) is 23.8 Å². The van der Waals surface area contributed by atoms with Gasteiger partial charge in [-0.15, -0.1) is 0 Å².